The molecular weight excluding hydrogens is 345 g/mol. The summed E-state index contributed by atoms with van der Waals surface area (Å²) >= 11 is 3.20. The third-order valence-electron chi connectivity index (χ3n) is 3.08. The first-order valence-corrected chi connectivity index (χ1v) is 7.27. The summed E-state index contributed by atoms with van der Waals surface area (Å²) in [6.07, 6.45) is 0.575. The fourth-order valence-corrected chi connectivity index (χ4v) is 2.78. The summed E-state index contributed by atoms with van der Waals surface area (Å²) in [7, 11) is 1.59. The average Bonchev–Trinajstić information content (AvgIpc) is 2.68. The number of ether oxygens (including phenoxy) is 2. The second-order valence-electron chi connectivity index (χ2n) is 4.53. The van der Waals surface area contributed by atoms with E-state index in [9.17, 15) is 14.0 Å². The van der Waals surface area contributed by atoms with Crippen LogP contribution < -0.4 is 4.90 Å². The summed E-state index contributed by atoms with van der Waals surface area (Å²) in [5.74, 6) is -1.86. The van der Waals surface area contributed by atoms with Crippen LogP contribution in [0.3, 0.4) is 0 Å². The lowest BCUT2D eigenvalue weighted by atomic mass is 10.1. The summed E-state index contributed by atoms with van der Waals surface area (Å²) in [6.45, 7) is 1.79. The molecule has 0 aliphatic carbocycles. The maximum atomic E-state index is 13.3. The first kappa shape index (κ1) is 16.1. The Hall–Kier alpha value is -1.31. The fraction of sp³-hybridized carbons (Fsp3) is 0.429. The molecule has 1 heterocycles. The Morgan fingerprint density at radius 2 is 2.00 bits per heavy atom. The number of nitrogens with zero attached hydrogens (tertiary/aromatic N) is 1. The highest BCUT2D eigenvalue weighted by atomic mass is 79.9. The lowest BCUT2D eigenvalue weighted by Gasteiger charge is -2.17. The van der Waals surface area contributed by atoms with Crippen molar-refractivity contribution in [3.05, 3.63) is 28.0 Å². The molecule has 0 radical (unpaired) electrons. The van der Waals surface area contributed by atoms with Crippen LogP contribution in [0.1, 0.15) is 16.8 Å². The van der Waals surface area contributed by atoms with Crippen molar-refractivity contribution < 1.29 is 23.5 Å². The van der Waals surface area contributed by atoms with Gasteiger partial charge in [-0.1, -0.05) is 0 Å². The van der Waals surface area contributed by atoms with Crippen LogP contribution in [0, 0.1) is 5.82 Å². The zero-order valence-corrected chi connectivity index (χ0v) is 13.1. The van der Waals surface area contributed by atoms with Crippen molar-refractivity contribution in [3.63, 3.8) is 0 Å². The molecule has 5 nitrogen and oxygen atoms in total. The largest absolute Gasteiger partial charge is 0.382 e. The second kappa shape index (κ2) is 7.11. The smallest absolute Gasteiger partial charge is 0.299 e. The maximum Gasteiger partial charge on any atom is 0.299 e. The fourth-order valence-electron chi connectivity index (χ4n) is 2.14. The Morgan fingerprint density at radius 3 is 2.71 bits per heavy atom. The lowest BCUT2D eigenvalue weighted by molar-refractivity contribution is -0.114. The van der Waals surface area contributed by atoms with E-state index in [1.54, 1.807) is 7.11 Å². The Labute approximate surface area is 130 Å². The SMILES string of the molecule is COCCOCCCN1C(=O)C(=O)c2cc(F)cc(Br)c21. The van der Waals surface area contributed by atoms with Crippen LogP contribution >= 0.6 is 15.9 Å². The molecule has 0 unspecified atom stereocenters. The summed E-state index contributed by atoms with van der Waals surface area (Å²) in [5, 5.41) is 0. The molecule has 7 heteroatoms. The van der Waals surface area contributed by atoms with Crippen LogP contribution in [-0.2, 0) is 14.3 Å². The monoisotopic (exact) mass is 359 g/mol. The standard InChI is InChI=1S/C14H15BrFNO4/c1-20-5-6-21-4-2-3-17-12-10(13(18)14(17)19)7-9(16)8-11(12)15/h7-8H,2-6H2,1H3. The van der Waals surface area contributed by atoms with E-state index in [0.29, 0.717) is 42.9 Å². The zero-order chi connectivity index (χ0) is 15.4. The molecule has 1 aliphatic rings. The van der Waals surface area contributed by atoms with Gasteiger partial charge in [0.1, 0.15) is 5.82 Å². The number of anilines is 1. The van der Waals surface area contributed by atoms with Gasteiger partial charge < -0.3 is 14.4 Å². The van der Waals surface area contributed by atoms with E-state index in [-0.39, 0.29) is 5.56 Å². The lowest BCUT2D eigenvalue weighted by Crippen LogP contribution is -2.31. The van der Waals surface area contributed by atoms with Gasteiger partial charge in [-0.3, -0.25) is 9.59 Å². The van der Waals surface area contributed by atoms with Crippen molar-refractivity contribution in [1.29, 1.82) is 0 Å². The van der Waals surface area contributed by atoms with Gasteiger partial charge in [0.05, 0.1) is 24.5 Å². The van der Waals surface area contributed by atoms with E-state index in [1.807, 2.05) is 0 Å². The molecule has 0 aromatic heterocycles. The number of halogens is 2. The third-order valence-corrected chi connectivity index (χ3v) is 3.69. The van der Waals surface area contributed by atoms with Gasteiger partial charge in [-0.05, 0) is 34.5 Å². The molecule has 0 fully saturated rings. The van der Waals surface area contributed by atoms with Crippen LogP contribution in [0.4, 0.5) is 10.1 Å². The summed E-state index contributed by atoms with van der Waals surface area (Å²) in [6, 6.07) is 2.34. The van der Waals surface area contributed by atoms with Crippen LogP contribution in [0.5, 0.6) is 0 Å². The van der Waals surface area contributed by atoms with Crippen LogP contribution in [0.2, 0.25) is 0 Å². The summed E-state index contributed by atoms with van der Waals surface area (Å²) in [5.41, 5.74) is 0.537. The molecule has 0 bridgehead atoms. The second-order valence-corrected chi connectivity index (χ2v) is 5.38. The van der Waals surface area contributed by atoms with Gasteiger partial charge in [0.25, 0.3) is 11.7 Å². The van der Waals surface area contributed by atoms with Gasteiger partial charge >= 0.3 is 0 Å². The van der Waals surface area contributed by atoms with Crippen LogP contribution in [0.15, 0.2) is 16.6 Å². The minimum atomic E-state index is -0.675. The first-order valence-electron chi connectivity index (χ1n) is 6.48. The predicted octanol–water partition coefficient (Wildman–Crippen LogP) is 2.17. The molecule has 0 N–H and O–H groups in total. The predicted molar refractivity (Wildman–Crippen MR) is 78.1 cm³/mol. The molecule has 1 amide bonds. The van der Waals surface area contributed by atoms with E-state index in [1.165, 1.54) is 11.0 Å². The van der Waals surface area contributed by atoms with Crippen molar-refractivity contribution >= 4 is 33.3 Å². The zero-order valence-electron chi connectivity index (χ0n) is 11.5. The van der Waals surface area contributed by atoms with E-state index in [0.717, 1.165) is 6.07 Å². The number of carbonyl (C=O) groups is 2. The number of methoxy groups -OCH3 is 1. The number of fused-ring (bicyclic) bond motifs is 1. The molecule has 0 atom stereocenters. The number of hydrogen-bond donors (Lipinski definition) is 0. The van der Waals surface area contributed by atoms with E-state index in [4.69, 9.17) is 9.47 Å². The number of Topliss-reactive ketones (excluding diaryl/α,β-unsaturated/α-hetero) is 1. The summed E-state index contributed by atoms with van der Waals surface area (Å²) < 4.78 is 23.9. The molecule has 21 heavy (non-hydrogen) atoms. The number of benzene rings is 1. The Balaban J connectivity index is 2.02. The molecule has 1 aromatic carbocycles. The van der Waals surface area contributed by atoms with E-state index >= 15 is 0 Å². The van der Waals surface area contributed by atoms with Gasteiger partial charge in [0, 0.05) is 24.7 Å². The van der Waals surface area contributed by atoms with Gasteiger partial charge in [0.15, 0.2) is 0 Å². The Bertz CT molecular complexity index is 564. The van der Waals surface area contributed by atoms with Crippen LogP contribution in [0.25, 0.3) is 0 Å². The number of hydrogen-bond acceptors (Lipinski definition) is 4. The highest BCUT2D eigenvalue weighted by Gasteiger charge is 2.37. The van der Waals surface area contributed by atoms with Crippen molar-refractivity contribution in [3.8, 4) is 0 Å². The number of rotatable bonds is 7. The average molecular weight is 360 g/mol. The van der Waals surface area contributed by atoms with Gasteiger partial charge in [-0.15, -0.1) is 0 Å². The minimum absolute atomic E-state index is 0.104. The van der Waals surface area contributed by atoms with Crippen molar-refractivity contribution in [2.24, 2.45) is 0 Å². The molecule has 114 valence electrons. The molecule has 1 aromatic rings. The van der Waals surface area contributed by atoms with Gasteiger partial charge in [-0.25, -0.2) is 4.39 Å². The molecular formula is C14H15BrFNO4. The maximum absolute atomic E-state index is 13.3. The molecule has 0 saturated heterocycles. The topological polar surface area (TPSA) is 55.8 Å². The molecule has 0 saturated carbocycles. The molecule has 0 spiro atoms. The van der Waals surface area contributed by atoms with Gasteiger partial charge in [-0.2, -0.15) is 0 Å². The van der Waals surface area contributed by atoms with Crippen molar-refractivity contribution in [2.75, 3.05) is 38.4 Å². The van der Waals surface area contributed by atoms with Crippen LogP contribution in [-0.4, -0.2) is 45.2 Å². The Morgan fingerprint density at radius 1 is 1.24 bits per heavy atom. The Kier molecular flexibility index (Phi) is 5.44. The quantitative estimate of drug-likeness (QED) is 0.553. The number of ketones is 1. The molecule has 2 rings (SSSR count). The highest BCUT2D eigenvalue weighted by Crippen LogP contribution is 2.36. The van der Waals surface area contributed by atoms with Crippen molar-refractivity contribution in [2.45, 2.75) is 6.42 Å². The highest BCUT2D eigenvalue weighted by molar-refractivity contribution is 9.10. The number of amides is 1. The number of carbonyl (C=O) groups excluding carboxylic acids is 2. The minimum Gasteiger partial charge on any atom is -0.382 e. The van der Waals surface area contributed by atoms with Crippen molar-refractivity contribution in [1.82, 2.24) is 0 Å². The van der Waals surface area contributed by atoms with E-state index < -0.39 is 17.5 Å². The van der Waals surface area contributed by atoms with Gasteiger partial charge in [0.2, 0.25) is 0 Å². The normalized spacial score (nSPS) is 14.0. The summed E-state index contributed by atoms with van der Waals surface area (Å²) in [4.78, 5) is 25.2. The molecule has 1 aliphatic heterocycles. The first-order chi connectivity index (χ1) is 10.1. The third kappa shape index (κ3) is 3.48. The van der Waals surface area contributed by atoms with E-state index in [2.05, 4.69) is 15.9 Å².